The molecule has 0 aliphatic carbocycles. The molecule has 1 heterocycles. The van der Waals surface area contributed by atoms with Crippen LogP contribution in [-0.4, -0.2) is 15.2 Å². The summed E-state index contributed by atoms with van der Waals surface area (Å²) in [4.78, 5) is 4.35. The first-order chi connectivity index (χ1) is 9.63. The zero-order chi connectivity index (χ0) is 14.1. The SMILES string of the molecule is Cc1cc(-c2nc(-c3ccc(Cl)cc3)no2)ccc1O. The molecule has 2 aromatic carbocycles. The maximum atomic E-state index is 9.52. The molecule has 0 bridgehead atoms. The van der Waals surface area contributed by atoms with Crippen molar-refractivity contribution in [1.29, 1.82) is 0 Å². The van der Waals surface area contributed by atoms with Gasteiger partial charge in [0.2, 0.25) is 5.82 Å². The number of phenolic OH excluding ortho intramolecular Hbond substituents is 1. The number of nitrogens with zero attached hydrogens (tertiary/aromatic N) is 2. The molecule has 4 nitrogen and oxygen atoms in total. The van der Waals surface area contributed by atoms with E-state index in [1.54, 1.807) is 30.3 Å². The summed E-state index contributed by atoms with van der Waals surface area (Å²) in [6, 6.07) is 12.4. The number of hydrogen-bond donors (Lipinski definition) is 1. The first kappa shape index (κ1) is 12.7. The minimum atomic E-state index is 0.242. The highest BCUT2D eigenvalue weighted by Gasteiger charge is 2.11. The van der Waals surface area contributed by atoms with Gasteiger partial charge in [-0.25, -0.2) is 0 Å². The Hall–Kier alpha value is -2.33. The van der Waals surface area contributed by atoms with Crippen molar-refractivity contribution in [3.63, 3.8) is 0 Å². The van der Waals surface area contributed by atoms with E-state index in [0.717, 1.165) is 16.7 Å². The molecule has 0 radical (unpaired) electrons. The summed E-state index contributed by atoms with van der Waals surface area (Å²) in [7, 11) is 0. The molecule has 0 unspecified atom stereocenters. The van der Waals surface area contributed by atoms with E-state index in [0.29, 0.717) is 16.7 Å². The monoisotopic (exact) mass is 286 g/mol. The van der Waals surface area contributed by atoms with Gasteiger partial charge >= 0.3 is 0 Å². The van der Waals surface area contributed by atoms with Crippen molar-refractivity contribution in [3.05, 3.63) is 53.1 Å². The number of hydrogen-bond acceptors (Lipinski definition) is 4. The molecule has 3 aromatic rings. The van der Waals surface area contributed by atoms with E-state index in [2.05, 4.69) is 10.1 Å². The summed E-state index contributed by atoms with van der Waals surface area (Å²) in [5.74, 6) is 1.16. The van der Waals surface area contributed by atoms with Gasteiger partial charge in [-0.05, 0) is 55.0 Å². The van der Waals surface area contributed by atoms with Gasteiger partial charge in [0.15, 0.2) is 0 Å². The van der Waals surface area contributed by atoms with Crippen molar-refractivity contribution >= 4 is 11.6 Å². The Balaban J connectivity index is 1.97. The molecule has 0 atom stereocenters. The fraction of sp³-hybridized carbons (Fsp3) is 0.0667. The quantitative estimate of drug-likeness (QED) is 0.771. The van der Waals surface area contributed by atoms with Crippen LogP contribution in [0.3, 0.4) is 0 Å². The molecule has 1 N–H and O–H groups in total. The second kappa shape index (κ2) is 4.98. The highest BCUT2D eigenvalue weighted by Crippen LogP contribution is 2.26. The van der Waals surface area contributed by atoms with Crippen molar-refractivity contribution in [1.82, 2.24) is 10.1 Å². The molecule has 1 aromatic heterocycles. The minimum Gasteiger partial charge on any atom is -0.508 e. The van der Waals surface area contributed by atoms with E-state index >= 15 is 0 Å². The largest absolute Gasteiger partial charge is 0.508 e. The van der Waals surface area contributed by atoms with Gasteiger partial charge in [0.1, 0.15) is 5.75 Å². The van der Waals surface area contributed by atoms with E-state index < -0.39 is 0 Å². The Bertz CT molecular complexity index is 751. The van der Waals surface area contributed by atoms with Crippen molar-refractivity contribution < 1.29 is 9.63 Å². The summed E-state index contributed by atoms with van der Waals surface area (Å²) in [6.45, 7) is 1.81. The van der Waals surface area contributed by atoms with E-state index in [1.165, 1.54) is 0 Å². The van der Waals surface area contributed by atoms with Gasteiger partial charge in [0, 0.05) is 16.1 Å². The van der Waals surface area contributed by atoms with E-state index in [4.69, 9.17) is 16.1 Å². The highest BCUT2D eigenvalue weighted by molar-refractivity contribution is 6.30. The van der Waals surface area contributed by atoms with Gasteiger partial charge in [-0.2, -0.15) is 4.98 Å². The van der Waals surface area contributed by atoms with Gasteiger partial charge in [0.25, 0.3) is 5.89 Å². The predicted octanol–water partition coefficient (Wildman–Crippen LogP) is 4.07. The van der Waals surface area contributed by atoms with Crippen LogP contribution in [0.2, 0.25) is 5.02 Å². The van der Waals surface area contributed by atoms with Gasteiger partial charge in [-0.3, -0.25) is 0 Å². The molecule has 0 aliphatic rings. The minimum absolute atomic E-state index is 0.242. The third kappa shape index (κ3) is 2.38. The summed E-state index contributed by atoms with van der Waals surface area (Å²) in [5, 5.41) is 14.1. The van der Waals surface area contributed by atoms with Crippen LogP contribution in [0.15, 0.2) is 47.0 Å². The lowest BCUT2D eigenvalue weighted by Gasteiger charge is -1.99. The zero-order valence-electron chi connectivity index (χ0n) is 10.7. The highest BCUT2D eigenvalue weighted by atomic mass is 35.5. The molecule has 100 valence electrons. The van der Waals surface area contributed by atoms with Crippen LogP contribution >= 0.6 is 11.6 Å². The fourth-order valence-corrected chi connectivity index (χ4v) is 1.97. The number of rotatable bonds is 2. The molecule has 3 rings (SSSR count). The van der Waals surface area contributed by atoms with Crippen LogP contribution in [0.4, 0.5) is 0 Å². The van der Waals surface area contributed by atoms with Crippen molar-refractivity contribution in [3.8, 4) is 28.6 Å². The first-order valence-corrected chi connectivity index (χ1v) is 6.41. The Morgan fingerprint density at radius 3 is 2.45 bits per heavy atom. The molecule has 0 aliphatic heterocycles. The number of aromatic hydroxyl groups is 1. The van der Waals surface area contributed by atoms with E-state index in [9.17, 15) is 5.11 Å². The first-order valence-electron chi connectivity index (χ1n) is 6.03. The molecular weight excluding hydrogens is 276 g/mol. The Morgan fingerprint density at radius 2 is 1.75 bits per heavy atom. The number of aryl methyl sites for hydroxylation is 1. The Labute approximate surface area is 120 Å². The number of aromatic nitrogens is 2. The fourth-order valence-electron chi connectivity index (χ4n) is 1.85. The number of phenols is 1. The van der Waals surface area contributed by atoms with E-state index in [-0.39, 0.29) is 5.75 Å². The molecule has 0 saturated heterocycles. The lowest BCUT2D eigenvalue weighted by molar-refractivity contribution is 0.432. The van der Waals surface area contributed by atoms with Crippen LogP contribution in [0.1, 0.15) is 5.56 Å². The van der Waals surface area contributed by atoms with Crippen LogP contribution in [0.25, 0.3) is 22.8 Å². The molecule has 0 amide bonds. The average molecular weight is 287 g/mol. The molecule has 0 saturated carbocycles. The topological polar surface area (TPSA) is 59.2 Å². The third-order valence-electron chi connectivity index (χ3n) is 2.97. The summed E-state index contributed by atoms with van der Waals surface area (Å²) >= 11 is 5.84. The summed E-state index contributed by atoms with van der Waals surface area (Å²) in [6.07, 6.45) is 0. The van der Waals surface area contributed by atoms with Gasteiger partial charge in [-0.15, -0.1) is 0 Å². The van der Waals surface area contributed by atoms with Gasteiger partial charge < -0.3 is 9.63 Å². The zero-order valence-corrected chi connectivity index (χ0v) is 11.4. The Morgan fingerprint density at radius 1 is 1.05 bits per heavy atom. The summed E-state index contributed by atoms with van der Waals surface area (Å²) < 4.78 is 5.25. The van der Waals surface area contributed by atoms with Crippen molar-refractivity contribution in [2.45, 2.75) is 6.92 Å². The normalized spacial score (nSPS) is 10.7. The standard InChI is InChI=1S/C15H11ClN2O2/c1-9-8-11(4-7-13(9)19)15-17-14(18-20-15)10-2-5-12(16)6-3-10/h2-8,19H,1H3. The van der Waals surface area contributed by atoms with Gasteiger partial charge in [0.05, 0.1) is 0 Å². The maximum absolute atomic E-state index is 9.52. The van der Waals surface area contributed by atoms with Crippen molar-refractivity contribution in [2.75, 3.05) is 0 Å². The van der Waals surface area contributed by atoms with Crippen LogP contribution in [0.5, 0.6) is 5.75 Å². The number of benzene rings is 2. The van der Waals surface area contributed by atoms with E-state index in [1.807, 2.05) is 19.1 Å². The van der Waals surface area contributed by atoms with Crippen LogP contribution in [0, 0.1) is 6.92 Å². The van der Waals surface area contributed by atoms with Crippen molar-refractivity contribution in [2.24, 2.45) is 0 Å². The number of halogens is 1. The smallest absolute Gasteiger partial charge is 0.258 e. The second-order valence-electron chi connectivity index (χ2n) is 4.43. The lowest BCUT2D eigenvalue weighted by atomic mass is 10.1. The van der Waals surface area contributed by atoms with Crippen LogP contribution < -0.4 is 0 Å². The third-order valence-corrected chi connectivity index (χ3v) is 3.22. The average Bonchev–Trinajstić information content (AvgIpc) is 2.92. The molecule has 0 spiro atoms. The van der Waals surface area contributed by atoms with Gasteiger partial charge in [-0.1, -0.05) is 16.8 Å². The maximum Gasteiger partial charge on any atom is 0.258 e. The molecule has 0 fully saturated rings. The molecule has 20 heavy (non-hydrogen) atoms. The second-order valence-corrected chi connectivity index (χ2v) is 4.87. The Kier molecular flexibility index (Phi) is 3.16. The van der Waals surface area contributed by atoms with Crippen LogP contribution in [-0.2, 0) is 0 Å². The summed E-state index contributed by atoms with van der Waals surface area (Å²) in [5.41, 5.74) is 2.36. The lowest BCUT2D eigenvalue weighted by Crippen LogP contribution is -1.82. The molecular formula is C15H11ClN2O2. The molecule has 5 heteroatoms. The predicted molar refractivity (Wildman–Crippen MR) is 76.6 cm³/mol.